The lowest BCUT2D eigenvalue weighted by atomic mass is 10.1. The first kappa shape index (κ1) is 18.5. The quantitative estimate of drug-likeness (QED) is 0.837. The largest absolute Gasteiger partial charge is 0.366 e. The number of aromatic nitrogens is 1. The number of nitrogens with zero attached hydrogens (tertiary/aromatic N) is 1. The van der Waals surface area contributed by atoms with Crippen molar-refractivity contribution in [1.82, 2.24) is 4.98 Å². The Morgan fingerprint density at radius 3 is 2.26 bits per heavy atom. The molecular formula is C16H18N2O4S. The average Bonchev–Trinajstić information content (AvgIpc) is 2.46. The molecule has 23 heavy (non-hydrogen) atoms. The average molecular weight is 334 g/mol. The van der Waals surface area contributed by atoms with Gasteiger partial charge in [-0.05, 0) is 49.2 Å². The summed E-state index contributed by atoms with van der Waals surface area (Å²) in [5.74, 6) is -0.359. The van der Waals surface area contributed by atoms with Gasteiger partial charge >= 0.3 is 0 Å². The van der Waals surface area contributed by atoms with Crippen molar-refractivity contribution in [3.8, 4) is 0 Å². The van der Waals surface area contributed by atoms with Gasteiger partial charge in [0.1, 0.15) is 0 Å². The van der Waals surface area contributed by atoms with Crippen molar-refractivity contribution in [1.29, 1.82) is 0 Å². The summed E-state index contributed by atoms with van der Waals surface area (Å²) < 4.78 is 28.9. The summed E-state index contributed by atoms with van der Waals surface area (Å²) in [6, 6.07) is 8.84. The number of hydrogen-bond donors (Lipinski definition) is 2. The van der Waals surface area contributed by atoms with E-state index in [9.17, 15) is 13.2 Å². The Balaban J connectivity index is 0.000000231. The molecule has 2 aromatic rings. The number of carbonyl (C=O) groups excluding carboxylic acids is 1. The maximum Gasteiger partial charge on any atom is 0.287 e. The van der Waals surface area contributed by atoms with E-state index in [-0.39, 0.29) is 5.91 Å². The van der Waals surface area contributed by atoms with Gasteiger partial charge in [0.2, 0.25) is 5.91 Å². The van der Waals surface area contributed by atoms with Gasteiger partial charge in [-0.2, -0.15) is 8.42 Å². The number of pyridine rings is 1. The predicted octanol–water partition coefficient (Wildman–Crippen LogP) is 2.34. The molecule has 3 N–H and O–H groups in total. The van der Waals surface area contributed by atoms with Crippen LogP contribution in [0.2, 0.25) is 0 Å². The standard InChI is InChI=1S/C9H11NO.C7H7NO3S/c1-6-3-4-8(9(10)11)7(2)5-6;9-12(10,11)6-3-7-1-4-8-5-2-7/h3-5H,1-2H3,(H2,10,11);1-6H,(H,9,10,11). The lowest BCUT2D eigenvalue weighted by Gasteiger charge is -2.01. The van der Waals surface area contributed by atoms with E-state index < -0.39 is 10.1 Å². The molecule has 7 heteroatoms. The fraction of sp³-hybridized carbons (Fsp3) is 0.125. The van der Waals surface area contributed by atoms with Gasteiger partial charge in [-0.3, -0.25) is 14.3 Å². The molecule has 1 amide bonds. The zero-order valence-electron chi connectivity index (χ0n) is 12.8. The summed E-state index contributed by atoms with van der Waals surface area (Å²) in [7, 11) is -4.02. The van der Waals surface area contributed by atoms with Crippen molar-refractivity contribution in [2.24, 2.45) is 5.73 Å². The van der Waals surface area contributed by atoms with Gasteiger partial charge in [-0.15, -0.1) is 0 Å². The molecule has 1 aromatic heterocycles. The first-order chi connectivity index (χ1) is 10.7. The van der Waals surface area contributed by atoms with Crippen LogP contribution in [-0.2, 0) is 10.1 Å². The van der Waals surface area contributed by atoms with Crippen LogP contribution in [0.1, 0.15) is 27.0 Å². The van der Waals surface area contributed by atoms with Gasteiger partial charge in [0.25, 0.3) is 10.1 Å². The molecule has 0 unspecified atom stereocenters. The highest BCUT2D eigenvalue weighted by Gasteiger charge is 2.02. The molecule has 2 rings (SSSR count). The van der Waals surface area contributed by atoms with Crippen molar-refractivity contribution < 1.29 is 17.8 Å². The molecule has 0 saturated carbocycles. The summed E-state index contributed by atoms with van der Waals surface area (Å²) in [6.45, 7) is 3.87. The Kier molecular flexibility index (Phi) is 6.62. The van der Waals surface area contributed by atoms with E-state index in [1.807, 2.05) is 26.0 Å². The number of hydrogen-bond acceptors (Lipinski definition) is 4. The minimum Gasteiger partial charge on any atom is -0.366 e. The van der Waals surface area contributed by atoms with Crippen LogP contribution in [0.25, 0.3) is 6.08 Å². The summed E-state index contributed by atoms with van der Waals surface area (Å²) in [4.78, 5) is 14.5. The number of benzene rings is 1. The molecule has 6 nitrogen and oxygen atoms in total. The molecule has 0 radical (unpaired) electrons. The van der Waals surface area contributed by atoms with E-state index in [1.165, 1.54) is 18.5 Å². The second kappa shape index (κ2) is 8.21. The van der Waals surface area contributed by atoms with E-state index >= 15 is 0 Å². The molecule has 1 heterocycles. The van der Waals surface area contributed by atoms with Crippen LogP contribution in [0.15, 0.2) is 48.1 Å². The Bertz CT molecular complexity index is 800. The molecule has 0 atom stereocenters. The SMILES string of the molecule is Cc1ccc(C(N)=O)c(C)c1.O=S(=O)(O)C=Cc1ccncc1. The number of rotatable bonds is 3. The van der Waals surface area contributed by atoms with Crippen LogP contribution in [-0.4, -0.2) is 23.9 Å². The molecule has 1 aromatic carbocycles. The second-order valence-corrected chi connectivity index (χ2v) is 6.08. The Morgan fingerprint density at radius 2 is 1.78 bits per heavy atom. The lowest BCUT2D eigenvalue weighted by Crippen LogP contribution is -2.12. The van der Waals surface area contributed by atoms with Gasteiger partial charge in [0.15, 0.2) is 0 Å². The highest BCUT2D eigenvalue weighted by atomic mass is 32.2. The zero-order chi connectivity index (χ0) is 17.5. The Morgan fingerprint density at radius 1 is 1.17 bits per heavy atom. The van der Waals surface area contributed by atoms with Gasteiger partial charge in [0.05, 0.1) is 5.41 Å². The van der Waals surface area contributed by atoms with Gasteiger partial charge in [0, 0.05) is 18.0 Å². The molecule has 0 fully saturated rings. The summed E-state index contributed by atoms with van der Waals surface area (Å²) in [6.07, 6.45) is 4.35. The number of aryl methyl sites for hydroxylation is 2. The number of carbonyl (C=O) groups is 1. The molecule has 122 valence electrons. The number of nitrogens with two attached hydrogens (primary N) is 1. The van der Waals surface area contributed by atoms with Crippen LogP contribution in [0.5, 0.6) is 0 Å². The molecule has 0 saturated heterocycles. The minimum atomic E-state index is -4.02. The molecule has 0 aliphatic heterocycles. The highest BCUT2D eigenvalue weighted by Crippen LogP contribution is 2.08. The zero-order valence-corrected chi connectivity index (χ0v) is 13.6. The predicted molar refractivity (Wildman–Crippen MR) is 89.3 cm³/mol. The van der Waals surface area contributed by atoms with E-state index in [2.05, 4.69) is 4.98 Å². The fourth-order valence-electron chi connectivity index (χ4n) is 1.73. The van der Waals surface area contributed by atoms with Crippen molar-refractivity contribution in [3.05, 3.63) is 70.4 Å². The third-order valence-corrected chi connectivity index (χ3v) is 3.27. The summed E-state index contributed by atoms with van der Waals surface area (Å²) >= 11 is 0. The van der Waals surface area contributed by atoms with Crippen LogP contribution in [0.4, 0.5) is 0 Å². The third-order valence-electron chi connectivity index (χ3n) is 2.79. The molecule has 0 bridgehead atoms. The van der Waals surface area contributed by atoms with E-state index in [0.29, 0.717) is 11.1 Å². The van der Waals surface area contributed by atoms with Crippen LogP contribution >= 0.6 is 0 Å². The Labute approximate surface area is 135 Å². The number of amides is 1. The second-order valence-electron chi connectivity index (χ2n) is 4.78. The smallest absolute Gasteiger partial charge is 0.287 e. The van der Waals surface area contributed by atoms with Crippen molar-refractivity contribution in [2.75, 3.05) is 0 Å². The maximum atomic E-state index is 10.8. The van der Waals surface area contributed by atoms with Gasteiger partial charge in [-0.25, -0.2) is 0 Å². The minimum absolute atomic E-state index is 0.359. The highest BCUT2D eigenvalue weighted by molar-refractivity contribution is 7.88. The van der Waals surface area contributed by atoms with Crippen molar-refractivity contribution in [3.63, 3.8) is 0 Å². The summed E-state index contributed by atoms with van der Waals surface area (Å²) in [5.41, 5.74) is 8.49. The maximum absolute atomic E-state index is 10.8. The molecule has 0 aliphatic carbocycles. The van der Waals surface area contributed by atoms with Crippen molar-refractivity contribution >= 4 is 22.1 Å². The monoisotopic (exact) mass is 334 g/mol. The first-order valence-corrected chi connectivity index (χ1v) is 8.12. The lowest BCUT2D eigenvalue weighted by molar-refractivity contribution is 0.0999. The van der Waals surface area contributed by atoms with Gasteiger partial charge < -0.3 is 5.73 Å². The topological polar surface area (TPSA) is 110 Å². The van der Waals surface area contributed by atoms with Crippen molar-refractivity contribution in [2.45, 2.75) is 13.8 Å². The van der Waals surface area contributed by atoms with Crippen LogP contribution in [0.3, 0.4) is 0 Å². The fourth-order valence-corrected chi connectivity index (χ4v) is 2.06. The van der Waals surface area contributed by atoms with Crippen LogP contribution < -0.4 is 5.73 Å². The number of primary amides is 1. The Hall–Kier alpha value is -2.51. The van der Waals surface area contributed by atoms with Gasteiger partial charge in [-0.1, -0.05) is 17.7 Å². The molecule has 0 aliphatic rings. The van der Waals surface area contributed by atoms with E-state index in [4.69, 9.17) is 10.3 Å². The van der Waals surface area contributed by atoms with E-state index in [0.717, 1.165) is 16.5 Å². The van der Waals surface area contributed by atoms with Crippen LogP contribution in [0, 0.1) is 13.8 Å². The third kappa shape index (κ3) is 7.35. The summed E-state index contributed by atoms with van der Waals surface area (Å²) in [5, 5.41) is 0.725. The molecule has 0 spiro atoms. The first-order valence-electron chi connectivity index (χ1n) is 6.61. The molecular weight excluding hydrogens is 316 g/mol. The van der Waals surface area contributed by atoms with E-state index in [1.54, 1.807) is 18.2 Å². The normalized spacial score (nSPS) is 10.9.